The lowest BCUT2D eigenvalue weighted by Gasteiger charge is -2.22. The molecule has 6 nitrogen and oxygen atoms in total. The molecule has 0 bridgehead atoms. The maximum atomic E-state index is 5.84. The molecule has 0 N–H and O–H groups in total. The van der Waals surface area contributed by atoms with Gasteiger partial charge in [0.15, 0.2) is 6.29 Å². The highest BCUT2D eigenvalue weighted by Crippen LogP contribution is 2.27. The van der Waals surface area contributed by atoms with Gasteiger partial charge < -0.3 is 14.2 Å². The second-order valence-electron chi connectivity index (χ2n) is 5.87. The van der Waals surface area contributed by atoms with E-state index in [2.05, 4.69) is 44.3 Å². The molecule has 1 aliphatic heterocycles. The number of hydrogen-bond donors (Lipinski definition) is 0. The molecule has 7 heteroatoms. The normalized spacial score (nSPS) is 18.7. The van der Waals surface area contributed by atoms with Crippen LogP contribution in [0.4, 0.5) is 0 Å². The van der Waals surface area contributed by atoms with E-state index < -0.39 is 0 Å². The zero-order valence-electron chi connectivity index (χ0n) is 13.5. The monoisotopic (exact) mass is 383 g/mol. The molecule has 0 amide bonds. The highest BCUT2D eigenvalue weighted by Gasteiger charge is 2.17. The van der Waals surface area contributed by atoms with Crippen molar-refractivity contribution in [3.8, 4) is 6.01 Å². The van der Waals surface area contributed by atoms with E-state index in [0.29, 0.717) is 19.2 Å². The summed E-state index contributed by atoms with van der Waals surface area (Å²) in [6.07, 6.45) is 4.91. The third-order valence-corrected chi connectivity index (χ3v) is 4.22. The summed E-state index contributed by atoms with van der Waals surface area (Å²) in [6.45, 7) is 5.94. The molecule has 2 aromatic heterocycles. The quantitative estimate of drug-likeness (QED) is 0.562. The van der Waals surface area contributed by atoms with E-state index in [1.807, 2.05) is 6.07 Å². The van der Waals surface area contributed by atoms with Crippen molar-refractivity contribution < 1.29 is 14.2 Å². The highest BCUT2D eigenvalue weighted by atomic mass is 79.9. The average molecular weight is 384 g/mol. The van der Waals surface area contributed by atoms with Gasteiger partial charge >= 0.3 is 0 Å². The van der Waals surface area contributed by atoms with Crippen LogP contribution in [0.1, 0.15) is 39.2 Å². The van der Waals surface area contributed by atoms with Gasteiger partial charge in [-0.3, -0.25) is 4.57 Å². The van der Waals surface area contributed by atoms with Gasteiger partial charge in [0.2, 0.25) is 0 Å². The molecular weight excluding hydrogens is 362 g/mol. The Morgan fingerprint density at radius 3 is 3.00 bits per heavy atom. The third-order valence-electron chi connectivity index (χ3n) is 3.78. The molecule has 0 radical (unpaired) electrons. The van der Waals surface area contributed by atoms with Gasteiger partial charge in [0, 0.05) is 12.6 Å². The summed E-state index contributed by atoms with van der Waals surface area (Å²) in [5.74, 6) is 0. The Bertz CT molecular complexity index is 653. The minimum atomic E-state index is -0.0866. The van der Waals surface area contributed by atoms with E-state index in [0.717, 1.165) is 41.5 Å². The zero-order valence-corrected chi connectivity index (χ0v) is 15.1. The predicted molar refractivity (Wildman–Crippen MR) is 90.7 cm³/mol. The molecule has 0 aromatic carbocycles. The van der Waals surface area contributed by atoms with Crippen molar-refractivity contribution in [2.24, 2.45) is 0 Å². The molecule has 23 heavy (non-hydrogen) atoms. The summed E-state index contributed by atoms with van der Waals surface area (Å²) in [4.78, 5) is 8.75. The minimum absolute atomic E-state index is 0.0866. The molecule has 1 atom stereocenters. The van der Waals surface area contributed by atoms with Gasteiger partial charge in [0.25, 0.3) is 6.01 Å². The Morgan fingerprint density at radius 1 is 1.39 bits per heavy atom. The summed E-state index contributed by atoms with van der Waals surface area (Å²) in [5, 5.41) is 0. The lowest BCUT2D eigenvalue weighted by molar-refractivity contribution is -0.165. The molecule has 1 unspecified atom stereocenters. The first-order chi connectivity index (χ1) is 11.1. The fourth-order valence-electron chi connectivity index (χ4n) is 2.71. The van der Waals surface area contributed by atoms with Crippen LogP contribution in [0.2, 0.25) is 0 Å². The predicted octanol–water partition coefficient (Wildman–Crippen LogP) is 3.70. The molecule has 1 fully saturated rings. The molecule has 1 aliphatic rings. The summed E-state index contributed by atoms with van der Waals surface area (Å²) in [5.41, 5.74) is 1.84. The molecule has 126 valence electrons. The Labute approximate surface area is 144 Å². The van der Waals surface area contributed by atoms with Crippen LogP contribution in [0.15, 0.2) is 16.9 Å². The van der Waals surface area contributed by atoms with E-state index in [9.17, 15) is 0 Å². The van der Waals surface area contributed by atoms with Crippen molar-refractivity contribution in [1.29, 1.82) is 0 Å². The van der Waals surface area contributed by atoms with Gasteiger partial charge in [-0.15, -0.1) is 0 Å². The van der Waals surface area contributed by atoms with Crippen LogP contribution in [0.3, 0.4) is 0 Å². The Morgan fingerprint density at radius 2 is 2.26 bits per heavy atom. The maximum Gasteiger partial charge on any atom is 0.297 e. The second kappa shape index (κ2) is 7.59. The topological polar surface area (TPSA) is 58.4 Å². The van der Waals surface area contributed by atoms with Crippen molar-refractivity contribution in [1.82, 2.24) is 14.5 Å². The molecule has 1 saturated heterocycles. The van der Waals surface area contributed by atoms with Gasteiger partial charge in [-0.1, -0.05) is 0 Å². The van der Waals surface area contributed by atoms with Crippen LogP contribution < -0.4 is 4.74 Å². The van der Waals surface area contributed by atoms with Crippen LogP contribution in [0.25, 0.3) is 11.0 Å². The average Bonchev–Trinajstić information content (AvgIpc) is 2.90. The van der Waals surface area contributed by atoms with E-state index in [1.165, 1.54) is 0 Å². The van der Waals surface area contributed by atoms with Crippen molar-refractivity contribution >= 4 is 27.0 Å². The largest absolute Gasteiger partial charge is 0.462 e. The summed E-state index contributed by atoms with van der Waals surface area (Å²) >= 11 is 3.41. The van der Waals surface area contributed by atoms with Crippen LogP contribution in [-0.4, -0.2) is 40.6 Å². The summed E-state index contributed by atoms with van der Waals surface area (Å²) in [6, 6.07) is 2.80. The lowest BCUT2D eigenvalue weighted by Crippen LogP contribution is -2.24. The zero-order chi connectivity index (χ0) is 16.2. The number of nitrogens with zero attached hydrogens (tertiary/aromatic N) is 3. The number of fused-ring (bicyclic) bond motifs is 1. The van der Waals surface area contributed by atoms with Crippen LogP contribution >= 0.6 is 15.9 Å². The van der Waals surface area contributed by atoms with Crippen LogP contribution in [-0.2, 0) is 9.47 Å². The first kappa shape index (κ1) is 16.7. The first-order valence-corrected chi connectivity index (χ1v) is 8.84. The molecule has 3 rings (SSSR count). The number of rotatable bonds is 6. The van der Waals surface area contributed by atoms with Gasteiger partial charge in [-0.2, -0.15) is 4.98 Å². The van der Waals surface area contributed by atoms with E-state index >= 15 is 0 Å². The first-order valence-electron chi connectivity index (χ1n) is 8.04. The smallest absolute Gasteiger partial charge is 0.297 e. The fourth-order valence-corrected chi connectivity index (χ4v) is 3.03. The molecule has 2 aromatic rings. The minimum Gasteiger partial charge on any atom is -0.462 e. The lowest BCUT2D eigenvalue weighted by atomic mass is 10.2. The van der Waals surface area contributed by atoms with Crippen molar-refractivity contribution in [3.05, 3.63) is 16.9 Å². The van der Waals surface area contributed by atoms with Crippen molar-refractivity contribution in [3.63, 3.8) is 0 Å². The molecule has 0 aliphatic carbocycles. The Balaban J connectivity index is 1.63. The number of halogens is 1. The van der Waals surface area contributed by atoms with E-state index in [-0.39, 0.29) is 12.3 Å². The second-order valence-corrected chi connectivity index (χ2v) is 6.68. The number of ether oxygens (including phenoxy) is 3. The van der Waals surface area contributed by atoms with Gasteiger partial charge in [0.05, 0.1) is 18.3 Å². The number of pyridine rings is 1. The Hall–Kier alpha value is -1.18. The van der Waals surface area contributed by atoms with Crippen molar-refractivity contribution in [2.45, 2.75) is 45.4 Å². The number of hydrogen-bond acceptors (Lipinski definition) is 5. The number of aromatic nitrogens is 3. The van der Waals surface area contributed by atoms with E-state index in [1.54, 1.807) is 6.20 Å². The molecular formula is C16H22BrN3O3. The third kappa shape index (κ3) is 4.02. The molecule has 0 saturated carbocycles. The SMILES string of the molecule is CC(C)n1c(OCCOC2CCCCO2)nc2cnc(Br)cc21. The standard InChI is InChI=1S/C16H22BrN3O3/c1-11(2)20-13-9-14(17)18-10-12(13)19-16(20)23-8-7-22-15-5-3-4-6-21-15/h9-11,15H,3-8H2,1-2H3. The summed E-state index contributed by atoms with van der Waals surface area (Å²) in [7, 11) is 0. The highest BCUT2D eigenvalue weighted by molar-refractivity contribution is 9.10. The maximum absolute atomic E-state index is 5.84. The van der Waals surface area contributed by atoms with Crippen molar-refractivity contribution in [2.75, 3.05) is 19.8 Å². The van der Waals surface area contributed by atoms with Gasteiger partial charge in [-0.05, 0) is 55.1 Å². The molecule has 3 heterocycles. The van der Waals surface area contributed by atoms with Gasteiger partial charge in [-0.25, -0.2) is 4.98 Å². The van der Waals surface area contributed by atoms with Gasteiger partial charge in [0.1, 0.15) is 16.7 Å². The van der Waals surface area contributed by atoms with Crippen LogP contribution in [0, 0.1) is 0 Å². The van der Waals surface area contributed by atoms with E-state index in [4.69, 9.17) is 14.2 Å². The fraction of sp³-hybridized carbons (Fsp3) is 0.625. The van der Waals surface area contributed by atoms with Crippen LogP contribution in [0.5, 0.6) is 6.01 Å². The number of imidazole rings is 1. The Kier molecular flexibility index (Phi) is 5.50. The summed E-state index contributed by atoms with van der Waals surface area (Å²) < 4.78 is 19.9. The molecule has 0 spiro atoms.